The average molecular weight is 402 g/mol. The lowest BCUT2D eigenvalue weighted by Gasteiger charge is -2.44. The number of nitrogens with one attached hydrogen (secondary N) is 1. The Hall–Kier alpha value is -2.48. The zero-order valence-electron chi connectivity index (χ0n) is 15.1. The highest BCUT2D eigenvalue weighted by atomic mass is 32.2. The number of amidine groups is 1. The van der Waals surface area contributed by atoms with Crippen LogP contribution in [-0.2, 0) is 5.54 Å². The highest BCUT2D eigenvalue weighted by Gasteiger charge is 2.48. The molecule has 0 saturated heterocycles. The highest BCUT2D eigenvalue weighted by Crippen LogP contribution is 2.51. The Kier molecular flexibility index (Phi) is 5.05. The topological polar surface area (TPSA) is 80.4 Å². The van der Waals surface area contributed by atoms with E-state index in [2.05, 4.69) is 15.3 Å². The molecule has 0 radical (unpaired) electrons. The molecule has 1 aliphatic carbocycles. The van der Waals surface area contributed by atoms with Crippen molar-refractivity contribution >= 4 is 28.5 Å². The minimum absolute atomic E-state index is 0.00397. The van der Waals surface area contributed by atoms with Gasteiger partial charge in [-0.1, -0.05) is 30.7 Å². The van der Waals surface area contributed by atoms with E-state index in [0.29, 0.717) is 17.3 Å². The fourth-order valence-electron chi connectivity index (χ4n) is 4.13. The van der Waals surface area contributed by atoms with Crippen LogP contribution in [0.15, 0.2) is 41.5 Å². The third kappa shape index (κ3) is 3.26. The number of benzene rings is 1. The number of hydrogen-bond acceptors (Lipinski definition) is 5. The number of rotatable bonds is 3. The summed E-state index contributed by atoms with van der Waals surface area (Å²) in [5, 5.41) is 2.86. The van der Waals surface area contributed by atoms with Gasteiger partial charge in [-0.25, -0.2) is 8.78 Å². The molecular formula is C20H20F2N4OS. The van der Waals surface area contributed by atoms with Crippen molar-refractivity contribution in [1.82, 2.24) is 4.98 Å². The van der Waals surface area contributed by atoms with Crippen molar-refractivity contribution in [2.24, 2.45) is 16.6 Å². The van der Waals surface area contributed by atoms with Crippen molar-refractivity contribution in [2.75, 3.05) is 11.1 Å². The predicted octanol–water partition coefficient (Wildman–Crippen LogP) is 4.06. The first-order valence-electron chi connectivity index (χ1n) is 9.20. The summed E-state index contributed by atoms with van der Waals surface area (Å²) in [5.74, 6) is -1.33. The zero-order chi connectivity index (χ0) is 19.7. The molecule has 2 unspecified atom stereocenters. The number of anilines is 1. The molecule has 2 atom stereocenters. The standard InChI is InChI=1S/C20H20F2N4OS/c21-13-7-8-14(25-18(27)15-6-2-4-10-24-15)17(22)16(13)20-9-3-1-5-12(20)11-28-19(23)26-20/h2,4,6-8,10,12H,1,3,5,9,11H2,(H2,23,26)(H,25,27). The lowest BCUT2D eigenvalue weighted by atomic mass is 9.69. The average Bonchev–Trinajstić information content (AvgIpc) is 2.70. The number of aromatic nitrogens is 1. The molecule has 8 heteroatoms. The smallest absolute Gasteiger partial charge is 0.274 e. The molecule has 2 aromatic rings. The number of pyridine rings is 1. The summed E-state index contributed by atoms with van der Waals surface area (Å²) >= 11 is 1.43. The van der Waals surface area contributed by atoms with Crippen LogP contribution in [0.4, 0.5) is 14.5 Å². The van der Waals surface area contributed by atoms with Gasteiger partial charge in [0.25, 0.3) is 5.91 Å². The zero-order valence-corrected chi connectivity index (χ0v) is 15.9. The molecule has 1 saturated carbocycles. The van der Waals surface area contributed by atoms with Gasteiger partial charge in [0.15, 0.2) is 11.0 Å². The molecule has 0 spiro atoms. The van der Waals surface area contributed by atoms with Crippen LogP contribution < -0.4 is 11.1 Å². The minimum Gasteiger partial charge on any atom is -0.379 e. The van der Waals surface area contributed by atoms with Gasteiger partial charge in [-0.2, -0.15) is 0 Å². The van der Waals surface area contributed by atoms with Gasteiger partial charge in [0.2, 0.25) is 0 Å². The van der Waals surface area contributed by atoms with E-state index in [0.717, 1.165) is 19.3 Å². The number of carbonyl (C=O) groups excluding carboxylic acids is 1. The molecule has 1 aliphatic heterocycles. The summed E-state index contributed by atoms with van der Waals surface area (Å²) < 4.78 is 30.4. The van der Waals surface area contributed by atoms with E-state index in [1.54, 1.807) is 12.1 Å². The number of carbonyl (C=O) groups is 1. The summed E-state index contributed by atoms with van der Waals surface area (Å²) in [6.45, 7) is 0. The normalized spacial score (nSPS) is 24.2. The third-order valence-electron chi connectivity index (χ3n) is 5.45. The second kappa shape index (κ2) is 7.50. The van der Waals surface area contributed by atoms with Crippen molar-refractivity contribution in [2.45, 2.75) is 31.2 Å². The molecule has 2 heterocycles. The maximum atomic E-state index is 15.5. The van der Waals surface area contributed by atoms with Crippen molar-refractivity contribution in [3.05, 3.63) is 59.4 Å². The summed E-state index contributed by atoms with van der Waals surface area (Å²) in [5.41, 5.74) is 4.90. The molecule has 4 rings (SSSR count). The lowest BCUT2D eigenvalue weighted by molar-refractivity contribution is 0.102. The third-order valence-corrected chi connectivity index (χ3v) is 6.40. The van der Waals surface area contributed by atoms with Gasteiger partial charge in [-0.15, -0.1) is 0 Å². The van der Waals surface area contributed by atoms with E-state index in [1.807, 2.05) is 0 Å². The number of amides is 1. The molecule has 1 amide bonds. The number of thioether (sulfide) groups is 1. The van der Waals surface area contributed by atoms with Crippen LogP contribution >= 0.6 is 11.8 Å². The van der Waals surface area contributed by atoms with Crippen LogP contribution in [0.2, 0.25) is 0 Å². The van der Waals surface area contributed by atoms with Gasteiger partial charge in [0.1, 0.15) is 11.5 Å². The number of aliphatic imine (C=N–C) groups is 1. The van der Waals surface area contributed by atoms with Crippen LogP contribution in [0, 0.1) is 17.6 Å². The van der Waals surface area contributed by atoms with Crippen molar-refractivity contribution in [3.8, 4) is 0 Å². The van der Waals surface area contributed by atoms with E-state index in [-0.39, 0.29) is 22.9 Å². The number of nitrogens with two attached hydrogens (primary N) is 1. The van der Waals surface area contributed by atoms with Crippen molar-refractivity contribution in [1.29, 1.82) is 0 Å². The fraction of sp³-hybridized carbons (Fsp3) is 0.350. The first kappa shape index (κ1) is 18.9. The summed E-state index contributed by atoms with van der Waals surface area (Å²) in [7, 11) is 0. The quantitative estimate of drug-likeness (QED) is 0.811. The molecular weight excluding hydrogens is 382 g/mol. The van der Waals surface area contributed by atoms with Crippen LogP contribution in [0.1, 0.15) is 41.7 Å². The number of nitrogens with zero attached hydrogens (tertiary/aromatic N) is 2. The summed E-state index contributed by atoms with van der Waals surface area (Å²) in [4.78, 5) is 20.9. The van der Waals surface area contributed by atoms with E-state index in [9.17, 15) is 9.18 Å². The first-order valence-corrected chi connectivity index (χ1v) is 10.2. The van der Waals surface area contributed by atoms with Gasteiger partial charge >= 0.3 is 0 Å². The Morgan fingerprint density at radius 2 is 2.11 bits per heavy atom. The molecule has 1 aromatic carbocycles. The number of halogens is 2. The van der Waals surface area contributed by atoms with Crippen LogP contribution in [-0.4, -0.2) is 21.8 Å². The number of hydrogen-bond donors (Lipinski definition) is 2. The van der Waals surface area contributed by atoms with E-state index in [4.69, 9.17) is 5.73 Å². The molecule has 5 nitrogen and oxygen atoms in total. The van der Waals surface area contributed by atoms with Crippen LogP contribution in [0.25, 0.3) is 0 Å². The Morgan fingerprint density at radius 3 is 2.89 bits per heavy atom. The second-order valence-electron chi connectivity index (χ2n) is 7.08. The summed E-state index contributed by atoms with van der Waals surface area (Å²) in [6, 6.07) is 7.28. The Labute approximate surface area is 165 Å². The van der Waals surface area contributed by atoms with Crippen LogP contribution in [0.3, 0.4) is 0 Å². The van der Waals surface area contributed by atoms with Gasteiger partial charge in [0, 0.05) is 11.9 Å². The Bertz CT molecular complexity index is 937. The second-order valence-corrected chi connectivity index (χ2v) is 8.12. The van der Waals surface area contributed by atoms with Gasteiger partial charge in [-0.05, 0) is 43.0 Å². The number of fused-ring (bicyclic) bond motifs is 1. The van der Waals surface area contributed by atoms with E-state index < -0.39 is 23.1 Å². The van der Waals surface area contributed by atoms with Crippen LogP contribution in [0.5, 0.6) is 0 Å². The highest BCUT2D eigenvalue weighted by molar-refractivity contribution is 8.13. The Morgan fingerprint density at radius 1 is 1.25 bits per heavy atom. The molecule has 146 valence electrons. The maximum Gasteiger partial charge on any atom is 0.274 e. The van der Waals surface area contributed by atoms with E-state index >= 15 is 4.39 Å². The monoisotopic (exact) mass is 402 g/mol. The van der Waals surface area contributed by atoms with Crippen molar-refractivity contribution in [3.63, 3.8) is 0 Å². The first-order chi connectivity index (χ1) is 13.5. The van der Waals surface area contributed by atoms with Gasteiger partial charge in [0.05, 0.1) is 16.8 Å². The summed E-state index contributed by atoms with van der Waals surface area (Å²) in [6.07, 6.45) is 4.67. The van der Waals surface area contributed by atoms with Crippen molar-refractivity contribution < 1.29 is 13.6 Å². The predicted molar refractivity (Wildman–Crippen MR) is 106 cm³/mol. The molecule has 1 aromatic heterocycles. The molecule has 0 bridgehead atoms. The molecule has 28 heavy (non-hydrogen) atoms. The SMILES string of the molecule is NC1=NC2(c3c(F)ccc(NC(=O)c4ccccn4)c3F)CCCCC2CS1. The molecule has 1 fully saturated rings. The van der Waals surface area contributed by atoms with E-state index in [1.165, 1.54) is 36.2 Å². The minimum atomic E-state index is -1.02. The van der Waals surface area contributed by atoms with Gasteiger partial charge < -0.3 is 11.1 Å². The molecule has 2 aliphatic rings. The fourth-order valence-corrected chi connectivity index (χ4v) is 5.17. The lowest BCUT2D eigenvalue weighted by Crippen LogP contribution is -2.44. The molecule has 3 N–H and O–H groups in total. The Balaban J connectivity index is 1.77. The maximum absolute atomic E-state index is 15.5. The van der Waals surface area contributed by atoms with Gasteiger partial charge in [-0.3, -0.25) is 14.8 Å². The largest absolute Gasteiger partial charge is 0.379 e.